The second-order valence-electron chi connectivity index (χ2n) is 5.90. The van der Waals surface area contributed by atoms with E-state index >= 15 is 0 Å². The number of halogens is 4. The second-order valence-corrected chi connectivity index (χ2v) is 8.39. The highest BCUT2D eigenvalue weighted by Crippen LogP contribution is 2.32. The van der Waals surface area contributed by atoms with Crippen molar-refractivity contribution in [2.75, 3.05) is 23.0 Å². The Morgan fingerprint density at radius 3 is 2.59 bits per heavy atom. The molecule has 0 N–H and O–H groups in total. The van der Waals surface area contributed by atoms with E-state index in [1.54, 1.807) is 0 Å². The molecule has 1 fully saturated rings. The van der Waals surface area contributed by atoms with E-state index in [-0.39, 0.29) is 16.1 Å². The average Bonchev–Trinajstić information content (AvgIpc) is 3.04. The van der Waals surface area contributed by atoms with Gasteiger partial charge in [0.25, 0.3) is 0 Å². The molecule has 2 aromatic rings. The number of aliphatic imine (C=N–C) groups is 1. The van der Waals surface area contributed by atoms with Gasteiger partial charge in [0.1, 0.15) is 11.5 Å². The van der Waals surface area contributed by atoms with Crippen molar-refractivity contribution in [3.05, 3.63) is 53.8 Å². The van der Waals surface area contributed by atoms with Crippen molar-refractivity contribution in [1.82, 2.24) is 0 Å². The Morgan fingerprint density at radius 2 is 1.93 bits per heavy atom. The van der Waals surface area contributed by atoms with Crippen LogP contribution < -0.4 is 4.90 Å². The summed E-state index contributed by atoms with van der Waals surface area (Å²) in [7, 11) is 0. The molecular formula is C18H16F4N2OS2. The lowest BCUT2D eigenvalue weighted by Gasteiger charge is -2.18. The molecular weight excluding hydrogens is 400 g/mol. The van der Waals surface area contributed by atoms with Crippen LogP contribution in [0.2, 0.25) is 0 Å². The fourth-order valence-electron chi connectivity index (χ4n) is 2.64. The minimum absolute atomic E-state index is 0.0534. The number of nitrogens with zero attached hydrogens (tertiary/aromatic N) is 2. The van der Waals surface area contributed by atoms with Gasteiger partial charge < -0.3 is 9.45 Å². The predicted molar refractivity (Wildman–Crippen MR) is 102 cm³/mol. The van der Waals surface area contributed by atoms with Gasteiger partial charge in [-0.05, 0) is 36.3 Å². The number of thioether (sulfide) groups is 1. The summed E-state index contributed by atoms with van der Waals surface area (Å²) in [5, 5.41) is 0.552. The first-order valence-corrected chi connectivity index (χ1v) is 10.3. The molecule has 0 radical (unpaired) electrons. The third kappa shape index (κ3) is 4.97. The largest absolute Gasteiger partial charge is 0.611 e. The van der Waals surface area contributed by atoms with E-state index in [0.717, 1.165) is 23.6 Å². The fraction of sp³-hybridized carbons (Fsp3) is 0.278. The lowest BCUT2D eigenvalue weighted by molar-refractivity contribution is -0.106. The van der Waals surface area contributed by atoms with Crippen LogP contribution in [0.15, 0.2) is 52.4 Å². The van der Waals surface area contributed by atoms with Crippen LogP contribution in [0.4, 0.5) is 28.9 Å². The first-order valence-electron chi connectivity index (χ1n) is 8.04. The zero-order chi connectivity index (χ0) is 19.6. The van der Waals surface area contributed by atoms with E-state index in [1.165, 1.54) is 18.7 Å². The quantitative estimate of drug-likeness (QED) is 0.518. The van der Waals surface area contributed by atoms with Crippen molar-refractivity contribution in [2.24, 2.45) is 4.99 Å². The number of alkyl halides is 3. The van der Waals surface area contributed by atoms with Crippen LogP contribution in [0.25, 0.3) is 0 Å². The van der Waals surface area contributed by atoms with E-state index in [2.05, 4.69) is 4.99 Å². The Kier molecular flexibility index (Phi) is 6.02. The highest BCUT2D eigenvalue weighted by atomic mass is 32.2. The molecule has 0 bridgehead atoms. The molecule has 9 heteroatoms. The summed E-state index contributed by atoms with van der Waals surface area (Å²) in [6, 6.07) is 11.7. The number of anilines is 1. The molecule has 1 atom stereocenters. The van der Waals surface area contributed by atoms with Gasteiger partial charge in [-0.2, -0.15) is 13.2 Å². The van der Waals surface area contributed by atoms with Gasteiger partial charge in [0.15, 0.2) is 10.1 Å². The van der Waals surface area contributed by atoms with Crippen molar-refractivity contribution >= 4 is 39.5 Å². The molecule has 0 saturated carbocycles. The minimum Gasteiger partial charge on any atom is -0.611 e. The zero-order valence-electron chi connectivity index (χ0n) is 14.3. The van der Waals surface area contributed by atoms with Crippen molar-refractivity contribution in [3.63, 3.8) is 0 Å². The number of aryl methyl sites for hydroxylation is 1. The van der Waals surface area contributed by atoms with Crippen LogP contribution in [-0.4, -0.2) is 33.9 Å². The molecule has 144 valence electrons. The monoisotopic (exact) mass is 416 g/mol. The number of para-hydroxylation sites is 1. The maximum absolute atomic E-state index is 14.4. The molecule has 2 aromatic carbocycles. The maximum Gasteiger partial charge on any atom is 0.433 e. The van der Waals surface area contributed by atoms with Crippen molar-refractivity contribution in [2.45, 2.75) is 18.0 Å². The summed E-state index contributed by atoms with van der Waals surface area (Å²) in [5.74, 6) is -1.37. The Labute approximate surface area is 161 Å². The van der Waals surface area contributed by atoms with Gasteiger partial charge in [-0.3, -0.25) is 0 Å². The van der Waals surface area contributed by atoms with Gasteiger partial charge in [-0.25, -0.2) is 9.38 Å². The summed E-state index contributed by atoms with van der Waals surface area (Å²) in [5.41, 5.74) is 0.990. The second kappa shape index (κ2) is 8.12. The van der Waals surface area contributed by atoms with E-state index < -0.39 is 28.9 Å². The van der Waals surface area contributed by atoms with Gasteiger partial charge in [0.2, 0.25) is 5.75 Å². The maximum atomic E-state index is 14.4. The zero-order valence-corrected chi connectivity index (χ0v) is 15.9. The predicted octanol–water partition coefficient (Wildman–Crippen LogP) is 5.04. The van der Waals surface area contributed by atoms with Crippen molar-refractivity contribution in [3.8, 4) is 0 Å². The third-order valence-corrected chi connectivity index (χ3v) is 6.32. The number of hydrogen-bond acceptors (Lipinski definition) is 3. The Hall–Kier alpha value is -1.71. The smallest absolute Gasteiger partial charge is 0.433 e. The van der Waals surface area contributed by atoms with Gasteiger partial charge in [-0.1, -0.05) is 30.0 Å². The molecule has 1 aliphatic heterocycles. The summed E-state index contributed by atoms with van der Waals surface area (Å²) in [6.45, 7) is 2.12. The lowest BCUT2D eigenvalue weighted by Crippen LogP contribution is -2.24. The SMILES string of the molecule is Cc1cc(F)c(/N=C2\SCCN2c2ccccc2)cc1[S+]([O-])CC(F)(F)F. The molecule has 0 spiro atoms. The third-order valence-electron chi connectivity index (χ3n) is 3.85. The summed E-state index contributed by atoms with van der Waals surface area (Å²) in [4.78, 5) is 6.17. The first-order chi connectivity index (χ1) is 12.7. The van der Waals surface area contributed by atoms with Crippen LogP contribution in [0.1, 0.15) is 5.56 Å². The van der Waals surface area contributed by atoms with Crippen LogP contribution in [0, 0.1) is 12.7 Å². The van der Waals surface area contributed by atoms with Crippen LogP contribution in [0.3, 0.4) is 0 Å². The van der Waals surface area contributed by atoms with Gasteiger partial charge in [0, 0.05) is 29.6 Å². The minimum atomic E-state index is -4.57. The lowest BCUT2D eigenvalue weighted by atomic mass is 10.2. The molecule has 3 nitrogen and oxygen atoms in total. The van der Waals surface area contributed by atoms with Crippen molar-refractivity contribution in [1.29, 1.82) is 0 Å². The number of benzene rings is 2. The summed E-state index contributed by atoms with van der Waals surface area (Å²) >= 11 is -0.881. The molecule has 3 rings (SSSR count). The standard InChI is InChI=1S/C18H16F4N2OS2/c1-12-9-14(19)15(10-16(12)27(25)11-18(20,21)22)23-17-24(7-8-26-17)13-5-3-2-4-6-13/h2-6,9-10H,7-8,11H2,1H3/b23-17-. The Bertz CT molecular complexity index is 843. The molecule has 0 amide bonds. The number of rotatable bonds is 4. The molecule has 1 unspecified atom stereocenters. The molecule has 1 saturated heterocycles. The molecule has 0 aliphatic carbocycles. The van der Waals surface area contributed by atoms with E-state index in [9.17, 15) is 22.1 Å². The highest BCUT2D eigenvalue weighted by molar-refractivity contribution is 8.14. The fourth-order valence-corrected chi connectivity index (χ4v) is 4.73. The number of hydrogen-bond donors (Lipinski definition) is 0. The highest BCUT2D eigenvalue weighted by Gasteiger charge is 2.36. The van der Waals surface area contributed by atoms with Crippen LogP contribution in [0.5, 0.6) is 0 Å². The normalized spacial score (nSPS) is 17.6. The van der Waals surface area contributed by atoms with E-state index in [1.807, 2.05) is 35.2 Å². The summed E-state index contributed by atoms with van der Waals surface area (Å²) in [6.07, 6.45) is -4.57. The average molecular weight is 416 g/mol. The van der Waals surface area contributed by atoms with E-state index in [0.29, 0.717) is 11.7 Å². The molecule has 0 aromatic heterocycles. The van der Waals surface area contributed by atoms with Crippen LogP contribution in [-0.2, 0) is 11.2 Å². The topological polar surface area (TPSA) is 38.7 Å². The molecule has 1 aliphatic rings. The Balaban J connectivity index is 1.94. The number of amidine groups is 1. The van der Waals surface area contributed by atoms with Gasteiger partial charge in [-0.15, -0.1) is 0 Å². The van der Waals surface area contributed by atoms with Gasteiger partial charge in [0.05, 0.1) is 0 Å². The van der Waals surface area contributed by atoms with Gasteiger partial charge >= 0.3 is 6.18 Å². The first kappa shape index (κ1) is 20.0. The van der Waals surface area contributed by atoms with Crippen molar-refractivity contribution < 1.29 is 22.1 Å². The molecule has 27 heavy (non-hydrogen) atoms. The Morgan fingerprint density at radius 1 is 1.22 bits per heavy atom. The summed E-state index contributed by atoms with van der Waals surface area (Å²) < 4.78 is 64.1. The molecule has 1 heterocycles. The van der Waals surface area contributed by atoms with Crippen LogP contribution >= 0.6 is 11.8 Å². The van der Waals surface area contributed by atoms with E-state index in [4.69, 9.17) is 0 Å².